The molecular formula is C20H40IN5O. The van der Waals surface area contributed by atoms with E-state index in [1.54, 1.807) is 0 Å². The Labute approximate surface area is 182 Å². The summed E-state index contributed by atoms with van der Waals surface area (Å²) in [5.74, 6) is 1.30. The van der Waals surface area contributed by atoms with Crippen LogP contribution in [0.25, 0.3) is 0 Å². The van der Waals surface area contributed by atoms with E-state index in [1.165, 1.54) is 25.8 Å². The molecule has 0 aromatic rings. The Morgan fingerprint density at radius 2 is 1.81 bits per heavy atom. The van der Waals surface area contributed by atoms with E-state index in [-0.39, 0.29) is 35.8 Å². The van der Waals surface area contributed by atoms with E-state index in [4.69, 9.17) is 4.99 Å². The third-order valence-electron chi connectivity index (χ3n) is 5.60. The van der Waals surface area contributed by atoms with Crippen LogP contribution in [0.15, 0.2) is 4.99 Å². The summed E-state index contributed by atoms with van der Waals surface area (Å²) >= 11 is 0. The fraction of sp³-hybridized carbons (Fsp3) is 0.900. The number of aliphatic imine (C=N–C) groups is 1. The molecule has 1 amide bonds. The second-order valence-electron chi connectivity index (χ2n) is 7.90. The Hall–Kier alpha value is -0.570. The molecule has 2 saturated heterocycles. The molecule has 0 aromatic carbocycles. The number of carbonyl (C=O) groups is 1. The Bertz CT molecular complexity index is 463. The number of nitrogens with one attached hydrogen (secondary N) is 2. The van der Waals surface area contributed by atoms with E-state index >= 15 is 0 Å². The number of nitrogens with zero attached hydrogens (tertiary/aromatic N) is 3. The molecule has 2 fully saturated rings. The van der Waals surface area contributed by atoms with Crippen molar-refractivity contribution in [2.24, 2.45) is 10.9 Å². The van der Waals surface area contributed by atoms with Gasteiger partial charge in [0.2, 0.25) is 5.91 Å². The second-order valence-corrected chi connectivity index (χ2v) is 7.90. The number of halogens is 1. The van der Waals surface area contributed by atoms with Gasteiger partial charge in [0.15, 0.2) is 5.96 Å². The first-order valence-corrected chi connectivity index (χ1v) is 10.6. The number of hydrogen-bond acceptors (Lipinski definition) is 3. The fourth-order valence-corrected chi connectivity index (χ4v) is 4.00. The molecule has 2 N–H and O–H groups in total. The minimum atomic E-state index is 0. The molecule has 0 aromatic heterocycles. The van der Waals surface area contributed by atoms with Gasteiger partial charge in [-0.05, 0) is 45.7 Å². The quantitative estimate of drug-likeness (QED) is 0.340. The predicted molar refractivity (Wildman–Crippen MR) is 124 cm³/mol. The number of guanidine groups is 1. The molecule has 0 spiro atoms. The monoisotopic (exact) mass is 493 g/mol. The summed E-state index contributed by atoms with van der Waals surface area (Å²) in [7, 11) is 0. The van der Waals surface area contributed by atoms with Crippen LogP contribution in [0, 0.1) is 5.92 Å². The van der Waals surface area contributed by atoms with Gasteiger partial charge in [-0.15, -0.1) is 24.0 Å². The molecule has 1 atom stereocenters. The Morgan fingerprint density at radius 3 is 2.41 bits per heavy atom. The maximum absolute atomic E-state index is 12.1. The average Bonchev–Trinajstić information content (AvgIpc) is 2.66. The number of hydrogen-bond donors (Lipinski definition) is 2. The molecule has 2 aliphatic heterocycles. The van der Waals surface area contributed by atoms with Crippen LogP contribution >= 0.6 is 24.0 Å². The van der Waals surface area contributed by atoms with Crippen LogP contribution in [0.3, 0.4) is 0 Å². The number of piperidine rings is 2. The fourth-order valence-electron chi connectivity index (χ4n) is 4.00. The molecule has 0 bridgehead atoms. The lowest BCUT2D eigenvalue weighted by molar-refractivity contribution is -0.135. The highest BCUT2D eigenvalue weighted by Crippen LogP contribution is 2.17. The summed E-state index contributed by atoms with van der Waals surface area (Å²) in [5, 5.41) is 6.99. The first-order chi connectivity index (χ1) is 12.5. The van der Waals surface area contributed by atoms with Crippen LogP contribution in [-0.4, -0.2) is 73.0 Å². The zero-order valence-corrected chi connectivity index (χ0v) is 20.0. The smallest absolute Gasteiger partial charge is 0.225 e. The minimum Gasteiger partial charge on any atom is -0.357 e. The Kier molecular flexibility index (Phi) is 11.6. The molecular weight excluding hydrogens is 453 g/mol. The number of amides is 1. The summed E-state index contributed by atoms with van der Waals surface area (Å²) in [6, 6.07) is 0.979. The molecule has 1 unspecified atom stereocenters. The van der Waals surface area contributed by atoms with E-state index in [1.807, 2.05) is 18.7 Å². The van der Waals surface area contributed by atoms with Crippen molar-refractivity contribution in [3.05, 3.63) is 0 Å². The lowest BCUT2D eigenvalue weighted by Gasteiger charge is -2.35. The van der Waals surface area contributed by atoms with Crippen molar-refractivity contribution >= 4 is 35.8 Å². The van der Waals surface area contributed by atoms with Crippen LogP contribution in [0.2, 0.25) is 0 Å². The molecule has 2 heterocycles. The number of rotatable bonds is 6. The second kappa shape index (κ2) is 12.8. The van der Waals surface area contributed by atoms with Crippen molar-refractivity contribution in [3.8, 4) is 0 Å². The maximum Gasteiger partial charge on any atom is 0.225 e. The van der Waals surface area contributed by atoms with Crippen molar-refractivity contribution < 1.29 is 4.79 Å². The van der Waals surface area contributed by atoms with Crippen molar-refractivity contribution in [1.82, 2.24) is 20.4 Å². The topological polar surface area (TPSA) is 60.0 Å². The highest BCUT2D eigenvalue weighted by molar-refractivity contribution is 14.0. The highest BCUT2D eigenvalue weighted by atomic mass is 127. The summed E-state index contributed by atoms with van der Waals surface area (Å²) in [6.07, 6.45) is 5.89. The van der Waals surface area contributed by atoms with E-state index in [9.17, 15) is 4.79 Å². The molecule has 158 valence electrons. The normalized spacial score (nSPS) is 22.5. The Morgan fingerprint density at radius 1 is 1.11 bits per heavy atom. The minimum absolute atomic E-state index is 0. The van der Waals surface area contributed by atoms with Gasteiger partial charge in [-0.25, -0.2) is 0 Å². The summed E-state index contributed by atoms with van der Waals surface area (Å²) in [5.41, 5.74) is 0. The first-order valence-electron chi connectivity index (χ1n) is 10.6. The molecule has 2 aliphatic rings. The van der Waals surface area contributed by atoms with Gasteiger partial charge in [0.1, 0.15) is 0 Å². The van der Waals surface area contributed by atoms with E-state index in [0.29, 0.717) is 12.1 Å². The third-order valence-corrected chi connectivity index (χ3v) is 5.60. The number of likely N-dealkylation sites (tertiary alicyclic amines) is 2. The maximum atomic E-state index is 12.1. The van der Waals surface area contributed by atoms with Crippen LogP contribution < -0.4 is 10.6 Å². The van der Waals surface area contributed by atoms with E-state index in [0.717, 1.165) is 51.5 Å². The van der Waals surface area contributed by atoms with E-state index < -0.39 is 0 Å². The zero-order chi connectivity index (χ0) is 18.9. The van der Waals surface area contributed by atoms with Gasteiger partial charge < -0.3 is 15.5 Å². The lowest BCUT2D eigenvalue weighted by Crippen LogP contribution is -2.50. The summed E-state index contributed by atoms with van der Waals surface area (Å²) in [6.45, 7) is 14.1. The average molecular weight is 493 g/mol. The molecule has 27 heavy (non-hydrogen) atoms. The van der Waals surface area contributed by atoms with Crippen molar-refractivity contribution in [2.45, 2.75) is 71.9 Å². The molecule has 0 radical (unpaired) electrons. The summed E-state index contributed by atoms with van der Waals surface area (Å²) in [4.78, 5) is 21.6. The largest absolute Gasteiger partial charge is 0.357 e. The first kappa shape index (κ1) is 24.5. The van der Waals surface area contributed by atoms with Crippen LogP contribution in [-0.2, 0) is 4.79 Å². The SMILES string of the molecule is CCNC(=NCC1CCCCN1CC)NC1CCN(C(=O)C(C)C)CC1.I. The highest BCUT2D eigenvalue weighted by Gasteiger charge is 2.25. The van der Waals surface area contributed by atoms with Crippen LogP contribution in [0.1, 0.15) is 59.8 Å². The van der Waals surface area contributed by atoms with Crippen molar-refractivity contribution in [2.75, 3.05) is 39.3 Å². The van der Waals surface area contributed by atoms with Gasteiger partial charge in [0.05, 0.1) is 6.54 Å². The van der Waals surface area contributed by atoms with Gasteiger partial charge in [0.25, 0.3) is 0 Å². The standard InChI is InChI=1S/C20H39N5O.HI/c1-5-21-20(22-15-18-9-7-8-12-24(18)6-2)23-17-10-13-25(14-11-17)19(26)16(3)4;/h16-18H,5-15H2,1-4H3,(H2,21,22,23);1H. The molecule has 2 rings (SSSR count). The molecule has 6 nitrogen and oxygen atoms in total. The van der Waals surface area contributed by atoms with Crippen LogP contribution in [0.4, 0.5) is 0 Å². The van der Waals surface area contributed by atoms with Gasteiger partial charge >= 0.3 is 0 Å². The van der Waals surface area contributed by atoms with Gasteiger partial charge in [-0.1, -0.05) is 27.2 Å². The van der Waals surface area contributed by atoms with Crippen molar-refractivity contribution in [3.63, 3.8) is 0 Å². The van der Waals surface area contributed by atoms with Gasteiger partial charge in [-0.2, -0.15) is 0 Å². The van der Waals surface area contributed by atoms with Gasteiger partial charge in [-0.3, -0.25) is 14.7 Å². The molecule has 0 aliphatic carbocycles. The third kappa shape index (κ3) is 7.75. The van der Waals surface area contributed by atoms with Gasteiger partial charge in [0, 0.05) is 37.6 Å². The van der Waals surface area contributed by atoms with Crippen LogP contribution in [0.5, 0.6) is 0 Å². The predicted octanol–water partition coefficient (Wildman–Crippen LogP) is 2.68. The molecule has 0 saturated carbocycles. The summed E-state index contributed by atoms with van der Waals surface area (Å²) < 4.78 is 0. The number of carbonyl (C=O) groups excluding carboxylic acids is 1. The molecule has 7 heteroatoms. The van der Waals surface area contributed by atoms with E-state index in [2.05, 4.69) is 29.4 Å². The zero-order valence-electron chi connectivity index (χ0n) is 17.7. The lowest BCUT2D eigenvalue weighted by atomic mass is 10.0. The van der Waals surface area contributed by atoms with Crippen molar-refractivity contribution in [1.29, 1.82) is 0 Å². The number of likely N-dealkylation sites (N-methyl/N-ethyl adjacent to an activating group) is 1. The Balaban J connectivity index is 0.00000364.